The van der Waals surface area contributed by atoms with Gasteiger partial charge in [0.05, 0.1) is 24.2 Å². The van der Waals surface area contributed by atoms with Gasteiger partial charge in [0.25, 0.3) is 0 Å². The molecule has 0 saturated heterocycles. The van der Waals surface area contributed by atoms with Gasteiger partial charge in [-0.3, -0.25) is 0 Å². The molecular formula is C13H12N4O3S. The van der Waals surface area contributed by atoms with Gasteiger partial charge in [-0.2, -0.15) is 10.1 Å². The lowest BCUT2D eigenvalue weighted by Crippen LogP contribution is -2.08. The van der Waals surface area contributed by atoms with Crippen molar-refractivity contribution in [3.63, 3.8) is 0 Å². The number of benzene rings is 1. The lowest BCUT2D eigenvalue weighted by molar-refractivity contribution is 0.420. The molecule has 0 saturated carbocycles. The molecule has 2 aromatic heterocycles. The van der Waals surface area contributed by atoms with E-state index in [0.29, 0.717) is 11.6 Å². The van der Waals surface area contributed by atoms with Crippen LogP contribution in [0.25, 0.3) is 16.7 Å². The SMILES string of the molecule is COc1cccc2c1cnn2-c1ccnc(S(C)(=O)=O)n1. The van der Waals surface area contributed by atoms with Crippen molar-refractivity contribution in [3.05, 3.63) is 36.7 Å². The maximum absolute atomic E-state index is 11.5. The summed E-state index contributed by atoms with van der Waals surface area (Å²) in [4.78, 5) is 7.82. The highest BCUT2D eigenvalue weighted by atomic mass is 32.2. The van der Waals surface area contributed by atoms with Crippen LogP contribution in [0.2, 0.25) is 0 Å². The summed E-state index contributed by atoms with van der Waals surface area (Å²) in [6.07, 6.45) is 4.11. The number of ether oxygens (including phenoxy) is 1. The molecule has 8 heteroatoms. The predicted molar refractivity (Wildman–Crippen MR) is 76.3 cm³/mol. The largest absolute Gasteiger partial charge is 0.496 e. The molecule has 3 aromatic rings. The van der Waals surface area contributed by atoms with E-state index in [-0.39, 0.29) is 5.16 Å². The highest BCUT2D eigenvalue weighted by molar-refractivity contribution is 7.90. The van der Waals surface area contributed by atoms with Gasteiger partial charge in [0.15, 0.2) is 5.82 Å². The summed E-state index contributed by atoms with van der Waals surface area (Å²) in [5, 5.41) is 4.84. The zero-order valence-corrected chi connectivity index (χ0v) is 12.2. The van der Waals surface area contributed by atoms with Crippen LogP contribution in [-0.4, -0.2) is 41.5 Å². The molecule has 2 heterocycles. The molecule has 0 spiro atoms. The maximum Gasteiger partial charge on any atom is 0.248 e. The predicted octanol–water partition coefficient (Wildman–Crippen LogP) is 1.23. The third-order valence-electron chi connectivity index (χ3n) is 2.96. The van der Waals surface area contributed by atoms with Gasteiger partial charge in [0.1, 0.15) is 5.75 Å². The Balaban J connectivity index is 2.22. The number of nitrogens with zero attached hydrogens (tertiary/aromatic N) is 4. The third-order valence-corrected chi connectivity index (χ3v) is 3.82. The van der Waals surface area contributed by atoms with E-state index in [1.54, 1.807) is 24.1 Å². The number of methoxy groups -OCH3 is 1. The second-order valence-corrected chi connectivity index (χ2v) is 6.33. The third kappa shape index (κ3) is 2.33. The van der Waals surface area contributed by atoms with E-state index in [1.165, 1.54) is 6.20 Å². The molecule has 0 bridgehead atoms. The second kappa shape index (κ2) is 4.81. The lowest BCUT2D eigenvalue weighted by Gasteiger charge is -2.05. The fourth-order valence-corrected chi connectivity index (χ4v) is 2.53. The van der Waals surface area contributed by atoms with Crippen molar-refractivity contribution in [3.8, 4) is 11.6 Å². The summed E-state index contributed by atoms with van der Waals surface area (Å²) >= 11 is 0. The number of aromatic nitrogens is 4. The monoisotopic (exact) mass is 304 g/mol. The molecule has 3 rings (SSSR count). The minimum Gasteiger partial charge on any atom is -0.496 e. The highest BCUT2D eigenvalue weighted by Crippen LogP contribution is 2.26. The smallest absolute Gasteiger partial charge is 0.248 e. The number of hydrogen-bond donors (Lipinski definition) is 0. The first-order valence-corrected chi connectivity index (χ1v) is 7.94. The second-order valence-electron chi connectivity index (χ2n) is 4.42. The van der Waals surface area contributed by atoms with Crippen LogP contribution in [0.3, 0.4) is 0 Å². The lowest BCUT2D eigenvalue weighted by atomic mass is 10.2. The molecule has 0 amide bonds. The number of fused-ring (bicyclic) bond motifs is 1. The van der Waals surface area contributed by atoms with Crippen molar-refractivity contribution >= 4 is 20.7 Å². The van der Waals surface area contributed by atoms with Gasteiger partial charge >= 0.3 is 0 Å². The van der Waals surface area contributed by atoms with Crippen LogP contribution in [0.5, 0.6) is 5.75 Å². The highest BCUT2D eigenvalue weighted by Gasteiger charge is 2.14. The van der Waals surface area contributed by atoms with Crippen molar-refractivity contribution in [2.75, 3.05) is 13.4 Å². The number of rotatable bonds is 3. The number of sulfone groups is 1. The number of hydrogen-bond acceptors (Lipinski definition) is 6. The van der Waals surface area contributed by atoms with Gasteiger partial charge in [0, 0.05) is 18.5 Å². The summed E-state index contributed by atoms with van der Waals surface area (Å²) in [5.74, 6) is 1.07. The molecule has 0 N–H and O–H groups in total. The van der Waals surface area contributed by atoms with Gasteiger partial charge in [-0.25, -0.2) is 18.1 Å². The summed E-state index contributed by atoms with van der Waals surface area (Å²) in [6.45, 7) is 0. The molecule has 0 fully saturated rings. The fraction of sp³-hybridized carbons (Fsp3) is 0.154. The van der Waals surface area contributed by atoms with Crippen LogP contribution >= 0.6 is 0 Å². The van der Waals surface area contributed by atoms with Crippen LogP contribution in [0.4, 0.5) is 0 Å². The quantitative estimate of drug-likeness (QED) is 0.676. The van der Waals surface area contributed by atoms with E-state index in [0.717, 1.165) is 17.2 Å². The van der Waals surface area contributed by atoms with Gasteiger partial charge in [-0.15, -0.1) is 0 Å². The van der Waals surface area contributed by atoms with Gasteiger partial charge in [-0.1, -0.05) is 6.07 Å². The summed E-state index contributed by atoms with van der Waals surface area (Å²) in [6, 6.07) is 7.11. The maximum atomic E-state index is 11.5. The molecule has 0 unspecified atom stereocenters. The van der Waals surface area contributed by atoms with Crippen LogP contribution < -0.4 is 4.74 Å². The summed E-state index contributed by atoms with van der Waals surface area (Å²) in [5.41, 5.74) is 0.771. The van der Waals surface area contributed by atoms with E-state index < -0.39 is 9.84 Å². The Bertz CT molecular complexity index is 918. The van der Waals surface area contributed by atoms with Crippen molar-refractivity contribution in [2.24, 2.45) is 0 Å². The zero-order valence-electron chi connectivity index (χ0n) is 11.4. The van der Waals surface area contributed by atoms with E-state index >= 15 is 0 Å². The first kappa shape index (κ1) is 13.5. The zero-order chi connectivity index (χ0) is 15.0. The molecule has 108 valence electrons. The van der Waals surface area contributed by atoms with Crippen molar-refractivity contribution < 1.29 is 13.2 Å². The Labute approximate surface area is 121 Å². The van der Waals surface area contributed by atoms with E-state index in [4.69, 9.17) is 4.74 Å². The molecule has 21 heavy (non-hydrogen) atoms. The Hall–Kier alpha value is -2.48. The van der Waals surface area contributed by atoms with Crippen molar-refractivity contribution in [2.45, 2.75) is 5.16 Å². The minimum atomic E-state index is -3.47. The Morgan fingerprint density at radius 3 is 2.76 bits per heavy atom. The van der Waals surface area contributed by atoms with Crippen LogP contribution in [-0.2, 0) is 9.84 Å². The first-order valence-electron chi connectivity index (χ1n) is 6.05. The van der Waals surface area contributed by atoms with Gasteiger partial charge in [0.2, 0.25) is 15.0 Å². The van der Waals surface area contributed by atoms with E-state index in [9.17, 15) is 8.42 Å². The van der Waals surface area contributed by atoms with Gasteiger partial charge < -0.3 is 4.74 Å². The Kier molecular flexibility index (Phi) is 3.09. The molecule has 0 radical (unpaired) electrons. The minimum absolute atomic E-state index is 0.230. The average Bonchev–Trinajstić information content (AvgIpc) is 2.90. The Morgan fingerprint density at radius 2 is 2.05 bits per heavy atom. The van der Waals surface area contributed by atoms with Crippen LogP contribution in [0.15, 0.2) is 41.8 Å². The van der Waals surface area contributed by atoms with Crippen LogP contribution in [0, 0.1) is 0 Å². The summed E-state index contributed by atoms with van der Waals surface area (Å²) in [7, 11) is -1.89. The molecule has 0 aliphatic carbocycles. The molecule has 0 aliphatic rings. The van der Waals surface area contributed by atoms with Crippen LogP contribution in [0.1, 0.15) is 0 Å². The van der Waals surface area contributed by atoms with Crippen molar-refractivity contribution in [1.29, 1.82) is 0 Å². The molecule has 1 aromatic carbocycles. The van der Waals surface area contributed by atoms with E-state index in [2.05, 4.69) is 15.1 Å². The average molecular weight is 304 g/mol. The van der Waals surface area contributed by atoms with Crippen molar-refractivity contribution in [1.82, 2.24) is 19.7 Å². The van der Waals surface area contributed by atoms with Gasteiger partial charge in [-0.05, 0) is 12.1 Å². The molecule has 7 nitrogen and oxygen atoms in total. The van der Waals surface area contributed by atoms with E-state index in [1.807, 2.05) is 18.2 Å². The normalized spacial score (nSPS) is 11.7. The molecule has 0 atom stereocenters. The standard InChI is InChI=1S/C13H12N4O3S/c1-20-11-5-3-4-10-9(11)8-15-17(10)12-6-7-14-13(16-12)21(2,18)19/h3-8H,1-2H3. The fourth-order valence-electron chi connectivity index (χ4n) is 2.01. The first-order chi connectivity index (χ1) is 10.0. The molecular weight excluding hydrogens is 292 g/mol. The summed E-state index contributed by atoms with van der Waals surface area (Å²) < 4.78 is 29.9. The Morgan fingerprint density at radius 1 is 1.24 bits per heavy atom. The topological polar surface area (TPSA) is 87.0 Å². The molecule has 0 aliphatic heterocycles.